The monoisotopic (exact) mass is 274 g/mol. The van der Waals surface area contributed by atoms with Crippen LogP contribution in [0.1, 0.15) is 19.3 Å². The summed E-state index contributed by atoms with van der Waals surface area (Å²) in [5.74, 6) is -0.234. The molecule has 0 aromatic carbocycles. The first-order chi connectivity index (χ1) is 9.25. The van der Waals surface area contributed by atoms with Gasteiger partial charge in [0.25, 0.3) is 5.91 Å². The van der Waals surface area contributed by atoms with Crippen LogP contribution in [0.4, 0.5) is 5.00 Å². The van der Waals surface area contributed by atoms with Crippen molar-refractivity contribution in [2.75, 3.05) is 5.32 Å². The van der Waals surface area contributed by atoms with Crippen LogP contribution >= 0.6 is 11.3 Å². The van der Waals surface area contributed by atoms with E-state index in [2.05, 4.69) is 10.3 Å². The maximum atomic E-state index is 12.1. The molecule has 0 saturated carbocycles. The van der Waals surface area contributed by atoms with Gasteiger partial charge in [0.05, 0.1) is 16.6 Å². The van der Waals surface area contributed by atoms with Crippen LogP contribution in [0.5, 0.6) is 0 Å². The Bertz CT molecular complexity index is 585. The largest absolute Gasteiger partial charge is 0.507 e. The van der Waals surface area contributed by atoms with Gasteiger partial charge in [-0.1, -0.05) is 6.08 Å². The average molecular weight is 274 g/mol. The van der Waals surface area contributed by atoms with Gasteiger partial charge in [0.1, 0.15) is 5.76 Å². The van der Waals surface area contributed by atoms with E-state index in [0.29, 0.717) is 0 Å². The molecule has 19 heavy (non-hydrogen) atoms. The van der Waals surface area contributed by atoms with E-state index in [9.17, 15) is 9.90 Å². The fourth-order valence-corrected chi connectivity index (χ4v) is 2.96. The standard InChI is InChI=1S/C14H14N2O2S/c17-13-9-4-1-2-5-11(9)15-8-10(13)14(18)16-12-6-3-7-19-12/h3-4,6-8,11,17H,1-2,5H2,(H,16,18). The number of amides is 1. The number of aliphatic hydroxyl groups is 1. The number of aliphatic imine (C=N–C) groups is 1. The zero-order valence-electron chi connectivity index (χ0n) is 10.3. The van der Waals surface area contributed by atoms with Gasteiger partial charge in [0.2, 0.25) is 0 Å². The zero-order valence-corrected chi connectivity index (χ0v) is 11.1. The van der Waals surface area contributed by atoms with Gasteiger partial charge in [-0.2, -0.15) is 0 Å². The summed E-state index contributed by atoms with van der Waals surface area (Å²) in [6.07, 6.45) is 6.43. The van der Waals surface area contributed by atoms with Gasteiger partial charge >= 0.3 is 0 Å². The molecule has 1 aliphatic carbocycles. The van der Waals surface area contributed by atoms with Crippen molar-refractivity contribution in [3.63, 3.8) is 0 Å². The van der Waals surface area contributed by atoms with Crippen LogP contribution in [0.3, 0.4) is 0 Å². The summed E-state index contributed by atoms with van der Waals surface area (Å²) in [6, 6.07) is 3.71. The van der Waals surface area contributed by atoms with Gasteiger partial charge in [-0.25, -0.2) is 0 Å². The molecule has 4 nitrogen and oxygen atoms in total. The molecule has 1 aliphatic heterocycles. The molecule has 1 atom stereocenters. The van der Waals surface area contributed by atoms with Crippen molar-refractivity contribution in [2.24, 2.45) is 4.99 Å². The van der Waals surface area contributed by atoms with E-state index >= 15 is 0 Å². The summed E-state index contributed by atoms with van der Waals surface area (Å²) in [7, 11) is 0. The van der Waals surface area contributed by atoms with Gasteiger partial charge in [0.15, 0.2) is 0 Å². The predicted molar refractivity (Wildman–Crippen MR) is 76.8 cm³/mol. The smallest absolute Gasteiger partial charge is 0.261 e. The molecular weight excluding hydrogens is 260 g/mol. The summed E-state index contributed by atoms with van der Waals surface area (Å²) >= 11 is 1.44. The number of dihydropyridines is 1. The van der Waals surface area contributed by atoms with E-state index in [0.717, 1.165) is 29.8 Å². The van der Waals surface area contributed by atoms with Crippen LogP contribution in [0, 0.1) is 0 Å². The molecule has 2 N–H and O–H groups in total. The Labute approximate surface area is 115 Å². The molecule has 1 unspecified atom stereocenters. The van der Waals surface area contributed by atoms with Crippen LogP contribution in [0.15, 0.2) is 45.5 Å². The highest BCUT2D eigenvalue weighted by Gasteiger charge is 2.27. The summed E-state index contributed by atoms with van der Waals surface area (Å²) < 4.78 is 0. The number of carbonyl (C=O) groups excluding carboxylic acids is 1. The topological polar surface area (TPSA) is 61.7 Å². The number of hydrogen-bond acceptors (Lipinski definition) is 4. The lowest BCUT2D eigenvalue weighted by atomic mass is 9.89. The third kappa shape index (κ3) is 2.33. The van der Waals surface area contributed by atoms with Crippen LogP contribution < -0.4 is 5.32 Å². The number of fused-ring (bicyclic) bond motifs is 1. The SMILES string of the molecule is O=C(Nc1cccs1)C1=C(O)C2=CCCCC2N=C1. The second kappa shape index (κ2) is 5.01. The van der Waals surface area contributed by atoms with Gasteiger partial charge in [-0.15, -0.1) is 11.3 Å². The van der Waals surface area contributed by atoms with Gasteiger partial charge in [-0.3, -0.25) is 9.79 Å². The van der Waals surface area contributed by atoms with Crippen LogP contribution in [0.2, 0.25) is 0 Å². The van der Waals surface area contributed by atoms with E-state index in [4.69, 9.17) is 0 Å². The molecule has 1 aromatic rings. The lowest BCUT2D eigenvalue weighted by Crippen LogP contribution is -2.25. The van der Waals surface area contributed by atoms with Gasteiger partial charge in [0, 0.05) is 11.8 Å². The first kappa shape index (κ1) is 12.2. The van der Waals surface area contributed by atoms with E-state index in [-0.39, 0.29) is 23.3 Å². The number of rotatable bonds is 2. The third-order valence-corrected chi connectivity index (χ3v) is 4.10. The van der Waals surface area contributed by atoms with Crippen LogP contribution in [-0.4, -0.2) is 23.3 Å². The minimum absolute atomic E-state index is 0.0204. The van der Waals surface area contributed by atoms with E-state index in [1.54, 1.807) is 0 Å². The number of carbonyl (C=O) groups is 1. The molecule has 1 amide bonds. The van der Waals surface area contributed by atoms with Gasteiger partial charge in [-0.05, 0) is 36.8 Å². The minimum atomic E-state index is -0.311. The number of aliphatic hydroxyl groups excluding tert-OH is 1. The van der Waals surface area contributed by atoms with Crippen molar-refractivity contribution in [2.45, 2.75) is 25.3 Å². The molecule has 0 fully saturated rings. The number of nitrogens with zero attached hydrogens (tertiary/aromatic N) is 1. The zero-order chi connectivity index (χ0) is 13.2. The number of thiophene rings is 1. The van der Waals surface area contributed by atoms with E-state index in [1.165, 1.54) is 17.6 Å². The quantitative estimate of drug-likeness (QED) is 0.870. The first-order valence-electron chi connectivity index (χ1n) is 6.27. The number of anilines is 1. The summed E-state index contributed by atoms with van der Waals surface area (Å²) in [4.78, 5) is 16.5. The highest BCUT2D eigenvalue weighted by atomic mass is 32.1. The normalized spacial score (nSPS) is 21.9. The molecule has 1 aromatic heterocycles. The fraction of sp³-hybridized carbons (Fsp3) is 0.286. The molecule has 98 valence electrons. The second-order valence-corrected chi connectivity index (χ2v) is 5.53. The lowest BCUT2D eigenvalue weighted by molar-refractivity contribution is -0.112. The fourth-order valence-electron chi connectivity index (χ4n) is 2.35. The first-order valence-corrected chi connectivity index (χ1v) is 7.15. The molecule has 2 heterocycles. The Morgan fingerprint density at radius 1 is 1.53 bits per heavy atom. The lowest BCUT2D eigenvalue weighted by Gasteiger charge is -2.24. The van der Waals surface area contributed by atoms with E-state index in [1.807, 2.05) is 23.6 Å². The Hall–Kier alpha value is -1.88. The summed E-state index contributed by atoms with van der Waals surface area (Å²) in [5, 5.41) is 15.6. The number of hydrogen-bond donors (Lipinski definition) is 2. The van der Waals surface area contributed by atoms with Crippen molar-refractivity contribution >= 4 is 28.5 Å². The number of allylic oxidation sites excluding steroid dienone is 1. The van der Waals surface area contributed by atoms with Crippen LogP contribution in [-0.2, 0) is 4.79 Å². The van der Waals surface area contributed by atoms with Crippen molar-refractivity contribution in [1.29, 1.82) is 0 Å². The van der Waals surface area contributed by atoms with Crippen LogP contribution in [0.25, 0.3) is 0 Å². The van der Waals surface area contributed by atoms with Crippen molar-refractivity contribution in [1.82, 2.24) is 0 Å². The maximum absolute atomic E-state index is 12.1. The maximum Gasteiger partial charge on any atom is 0.261 e. The Kier molecular flexibility index (Phi) is 3.21. The Balaban J connectivity index is 1.86. The highest BCUT2D eigenvalue weighted by molar-refractivity contribution is 7.14. The Morgan fingerprint density at radius 3 is 3.21 bits per heavy atom. The van der Waals surface area contributed by atoms with Gasteiger partial charge < -0.3 is 10.4 Å². The molecule has 5 heteroatoms. The molecular formula is C14H14N2O2S. The molecule has 0 spiro atoms. The highest BCUT2D eigenvalue weighted by Crippen LogP contribution is 2.30. The molecule has 0 saturated heterocycles. The summed E-state index contributed by atoms with van der Waals surface area (Å²) in [5.41, 5.74) is 1.04. The molecule has 3 rings (SSSR count). The van der Waals surface area contributed by atoms with Crippen molar-refractivity contribution < 1.29 is 9.90 Å². The summed E-state index contributed by atoms with van der Waals surface area (Å²) in [6.45, 7) is 0. The predicted octanol–water partition coefficient (Wildman–Crippen LogP) is 3.06. The van der Waals surface area contributed by atoms with Crippen molar-refractivity contribution in [3.8, 4) is 0 Å². The second-order valence-electron chi connectivity index (χ2n) is 4.58. The Morgan fingerprint density at radius 2 is 2.42 bits per heavy atom. The average Bonchev–Trinajstić information content (AvgIpc) is 2.92. The molecule has 2 aliphatic rings. The van der Waals surface area contributed by atoms with Crippen molar-refractivity contribution in [3.05, 3.63) is 40.5 Å². The third-order valence-electron chi connectivity index (χ3n) is 3.32. The molecule has 0 bridgehead atoms. The molecule has 0 radical (unpaired) electrons. The number of nitrogens with one attached hydrogen (secondary N) is 1. The van der Waals surface area contributed by atoms with E-state index < -0.39 is 0 Å². The minimum Gasteiger partial charge on any atom is -0.507 e.